The van der Waals surface area contributed by atoms with Gasteiger partial charge in [-0.25, -0.2) is 0 Å². The molecule has 0 unspecified atom stereocenters. The van der Waals surface area contributed by atoms with Crippen molar-refractivity contribution in [3.8, 4) is 0 Å². The number of halogens is 1. The van der Waals surface area contributed by atoms with Gasteiger partial charge in [0.2, 0.25) is 0 Å². The molecule has 1 saturated heterocycles. The van der Waals surface area contributed by atoms with Crippen LogP contribution in [0.15, 0.2) is 36.2 Å². The minimum atomic E-state index is -0.216. The number of nitrogens with zero attached hydrogens (tertiary/aromatic N) is 3. The van der Waals surface area contributed by atoms with Gasteiger partial charge in [-0.1, -0.05) is 29.8 Å². The number of thiocarbonyl (C=S) groups is 1. The maximum atomic E-state index is 12.7. The Labute approximate surface area is 144 Å². The van der Waals surface area contributed by atoms with Crippen LogP contribution in [0.25, 0.3) is 6.08 Å². The molecule has 118 valence electrons. The third kappa shape index (κ3) is 2.87. The van der Waals surface area contributed by atoms with E-state index in [0.29, 0.717) is 28.1 Å². The lowest BCUT2D eigenvalue weighted by Crippen LogP contribution is -2.30. The number of hydrogen-bond acceptors (Lipinski definition) is 3. The van der Waals surface area contributed by atoms with Crippen molar-refractivity contribution in [2.24, 2.45) is 0 Å². The molecular weight excluding hydrogens is 332 g/mol. The smallest absolute Gasteiger partial charge is 0.281 e. The predicted molar refractivity (Wildman–Crippen MR) is 95.3 cm³/mol. The molecule has 0 saturated carbocycles. The second-order valence-electron chi connectivity index (χ2n) is 5.13. The average Bonchev–Trinajstić information content (AvgIpc) is 3.01. The maximum Gasteiger partial charge on any atom is 0.281 e. The summed E-state index contributed by atoms with van der Waals surface area (Å²) in [7, 11) is 0. The molecule has 3 rings (SSSR count). The number of carbonyl (C=O) groups excluding carboxylic acids is 1. The maximum absolute atomic E-state index is 12.7. The lowest BCUT2D eigenvalue weighted by atomic mass is 10.2. The number of anilines is 1. The van der Waals surface area contributed by atoms with Crippen LogP contribution in [0, 0.1) is 6.92 Å². The standard InChI is InChI=1S/C16H15ClN4OS/c1-3-20-9-11(17)12(19-20)8-13-15(22)21(16(23)18-13)14-7-5-4-6-10(14)2/h4-9H,3H2,1-2H3,(H,18,23)/b13-8+. The summed E-state index contributed by atoms with van der Waals surface area (Å²) in [5, 5.41) is 8.11. The third-order valence-electron chi connectivity index (χ3n) is 3.58. The minimum Gasteiger partial charge on any atom is -0.327 e. The van der Waals surface area contributed by atoms with E-state index in [0.717, 1.165) is 11.3 Å². The summed E-state index contributed by atoms with van der Waals surface area (Å²) in [6, 6.07) is 7.60. The van der Waals surface area contributed by atoms with E-state index in [-0.39, 0.29) is 5.91 Å². The van der Waals surface area contributed by atoms with Crippen molar-refractivity contribution in [3.05, 3.63) is 52.4 Å². The molecule has 1 aliphatic rings. The number of benzene rings is 1. The normalized spacial score (nSPS) is 16.3. The molecule has 0 radical (unpaired) electrons. The van der Waals surface area contributed by atoms with Gasteiger partial charge >= 0.3 is 0 Å². The number of aryl methyl sites for hydroxylation is 2. The highest BCUT2D eigenvalue weighted by molar-refractivity contribution is 7.80. The van der Waals surface area contributed by atoms with Crippen molar-refractivity contribution in [3.63, 3.8) is 0 Å². The first kappa shape index (κ1) is 15.7. The first-order valence-electron chi connectivity index (χ1n) is 7.17. The van der Waals surface area contributed by atoms with E-state index in [1.165, 1.54) is 4.90 Å². The Hall–Kier alpha value is -2.18. The lowest BCUT2D eigenvalue weighted by Gasteiger charge is -2.16. The quantitative estimate of drug-likeness (QED) is 0.685. The number of rotatable bonds is 3. The molecule has 2 aromatic rings. The van der Waals surface area contributed by atoms with Crippen LogP contribution in [0.1, 0.15) is 18.2 Å². The Morgan fingerprint density at radius 2 is 2.13 bits per heavy atom. The van der Waals surface area contributed by atoms with Crippen LogP contribution in [0.3, 0.4) is 0 Å². The van der Waals surface area contributed by atoms with Crippen LogP contribution in [-0.2, 0) is 11.3 Å². The van der Waals surface area contributed by atoms with Crippen LogP contribution < -0.4 is 10.2 Å². The molecule has 1 aromatic carbocycles. The van der Waals surface area contributed by atoms with Crippen molar-refractivity contribution in [1.29, 1.82) is 0 Å². The lowest BCUT2D eigenvalue weighted by molar-refractivity contribution is -0.113. The van der Waals surface area contributed by atoms with Gasteiger partial charge in [0.05, 0.1) is 10.7 Å². The van der Waals surface area contributed by atoms with Crippen molar-refractivity contribution in [2.75, 3.05) is 4.90 Å². The van der Waals surface area contributed by atoms with E-state index in [9.17, 15) is 4.79 Å². The van der Waals surface area contributed by atoms with E-state index < -0.39 is 0 Å². The van der Waals surface area contributed by atoms with E-state index in [4.69, 9.17) is 23.8 Å². The third-order valence-corrected chi connectivity index (χ3v) is 4.16. The van der Waals surface area contributed by atoms with Gasteiger partial charge in [0.25, 0.3) is 5.91 Å². The Morgan fingerprint density at radius 3 is 2.78 bits per heavy atom. The number of amides is 1. The molecule has 1 fully saturated rings. The molecular formula is C16H15ClN4OS. The first-order chi connectivity index (χ1) is 11.0. The number of carbonyl (C=O) groups is 1. The fourth-order valence-corrected chi connectivity index (χ4v) is 2.87. The molecule has 1 aromatic heterocycles. The second-order valence-corrected chi connectivity index (χ2v) is 5.93. The molecule has 0 spiro atoms. The molecule has 1 aliphatic heterocycles. The zero-order chi connectivity index (χ0) is 16.6. The number of aromatic nitrogens is 2. The summed E-state index contributed by atoms with van der Waals surface area (Å²) in [5.41, 5.74) is 2.64. The highest BCUT2D eigenvalue weighted by Crippen LogP contribution is 2.26. The topological polar surface area (TPSA) is 50.2 Å². The van der Waals surface area contributed by atoms with Crippen molar-refractivity contribution >= 4 is 46.6 Å². The summed E-state index contributed by atoms with van der Waals surface area (Å²) < 4.78 is 1.71. The van der Waals surface area contributed by atoms with Crippen LogP contribution in [-0.4, -0.2) is 20.8 Å². The van der Waals surface area contributed by atoms with Gasteiger partial charge in [0, 0.05) is 12.7 Å². The number of nitrogens with one attached hydrogen (secondary N) is 1. The van der Waals surface area contributed by atoms with Crippen molar-refractivity contribution < 1.29 is 4.79 Å². The average molecular weight is 347 g/mol. The van der Waals surface area contributed by atoms with Crippen LogP contribution in [0.4, 0.5) is 5.69 Å². The molecule has 0 aliphatic carbocycles. The number of hydrogen-bond donors (Lipinski definition) is 1. The second kappa shape index (κ2) is 6.14. The van der Waals surface area contributed by atoms with Crippen LogP contribution in [0.2, 0.25) is 5.02 Å². The Balaban J connectivity index is 1.96. The minimum absolute atomic E-state index is 0.216. The fourth-order valence-electron chi connectivity index (χ4n) is 2.38. The van der Waals surface area contributed by atoms with E-state index in [2.05, 4.69) is 10.4 Å². The summed E-state index contributed by atoms with van der Waals surface area (Å²) >= 11 is 11.5. The Kier molecular flexibility index (Phi) is 4.19. The fraction of sp³-hybridized carbons (Fsp3) is 0.188. The summed E-state index contributed by atoms with van der Waals surface area (Å²) in [6.07, 6.45) is 3.35. The van der Waals surface area contributed by atoms with Gasteiger partial charge in [0.15, 0.2) is 5.11 Å². The molecule has 1 amide bonds. The van der Waals surface area contributed by atoms with Gasteiger partial charge in [-0.15, -0.1) is 0 Å². The molecule has 1 N–H and O–H groups in total. The van der Waals surface area contributed by atoms with Crippen molar-refractivity contribution in [1.82, 2.24) is 15.1 Å². The highest BCUT2D eigenvalue weighted by atomic mass is 35.5. The molecule has 7 heteroatoms. The molecule has 2 heterocycles. The Morgan fingerprint density at radius 1 is 1.39 bits per heavy atom. The van der Waals surface area contributed by atoms with E-state index in [1.54, 1.807) is 17.0 Å². The molecule has 5 nitrogen and oxygen atoms in total. The zero-order valence-electron chi connectivity index (χ0n) is 12.7. The van der Waals surface area contributed by atoms with Gasteiger partial charge in [-0.2, -0.15) is 5.10 Å². The molecule has 0 atom stereocenters. The van der Waals surface area contributed by atoms with Crippen LogP contribution >= 0.6 is 23.8 Å². The first-order valence-corrected chi connectivity index (χ1v) is 7.95. The van der Waals surface area contributed by atoms with Gasteiger partial charge < -0.3 is 5.32 Å². The zero-order valence-corrected chi connectivity index (χ0v) is 14.3. The van der Waals surface area contributed by atoms with Gasteiger partial charge in [-0.3, -0.25) is 14.4 Å². The van der Waals surface area contributed by atoms with Crippen LogP contribution in [0.5, 0.6) is 0 Å². The summed E-state index contributed by atoms with van der Waals surface area (Å²) in [4.78, 5) is 14.2. The van der Waals surface area contributed by atoms with Crippen molar-refractivity contribution in [2.45, 2.75) is 20.4 Å². The van der Waals surface area contributed by atoms with Gasteiger partial charge in [0.1, 0.15) is 11.4 Å². The van der Waals surface area contributed by atoms with E-state index in [1.807, 2.05) is 38.1 Å². The Bertz CT molecular complexity index is 827. The monoisotopic (exact) mass is 346 g/mol. The SMILES string of the molecule is CCn1cc(Cl)c(/C=C2/NC(=S)N(c3ccccc3C)C2=O)n1. The predicted octanol–water partition coefficient (Wildman–Crippen LogP) is 3.13. The summed E-state index contributed by atoms with van der Waals surface area (Å²) in [6.45, 7) is 4.61. The molecule has 23 heavy (non-hydrogen) atoms. The summed E-state index contributed by atoms with van der Waals surface area (Å²) in [5.74, 6) is -0.216. The molecule has 0 bridgehead atoms. The van der Waals surface area contributed by atoms with Gasteiger partial charge in [-0.05, 0) is 43.8 Å². The highest BCUT2D eigenvalue weighted by Gasteiger charge is 2.33. The number of para-hydroxylation sites is 1. The van der Waals surface area contributed by atoms with E-state index >= 15 is 0 Å². The largest absolute Gasteiger partial charge is 0.327 e.